The third kappa shape index (κ3) is 3.76. The molecular formula is C22H17NO2. The Kier molecular flexibility index (Phi) is 4.92. The van der Waals surface area contributed by atoms with Gasteiger partial charge < -0.3 is 4.74 Å². The van der Waals surface area contributed by atoms with Crippen molar-refractivity contribution in [3.05, 3.63) is 107 Å². The molecule has 3 heteroatoms. The Bertz CT molecular complexity index is 872. The van der Waals surface area contributed by atoms with Crippen molar-refractivity contribution in [2.45, 2.75) is 12.8 Å². The van der Waals surface area contributed by atoms with Crippen molar-refractivity contribution in [1.29, 1.82) is 0 Å². The average molecular weight is 327 g/mol. The largest absolute Gasteiger partial charge is 0.438 e. The highest BCUT2D eigenvalue weighted by Gasteiger charge is 2.25. The minimum absolute atomic E-state index is 0.294. The standard InChI is InChI=1S/C22H17NO2/c1-16-13-14-20(19(15-16)23-2)25-22(24)21(17-9-5-3-6-10-17)18-11-7-4-8-12-18/h3-15,21H,1H3. The third-order valence-corrected chi connectivity index (χ3v) is 3.95. The second-order valence-corrected chi connectivity index (χ2v) is 5.76. The quantitative estimate of drug-likeness (QED) is 0.371. The Labute approximate surface area is 147 Å². The molecule has 0 bridgehead atoms. The van der Waals surface area contributed by atoms with Crippen molar-refractivity contribution < 1.29 is 9.53 Å². The normalized spacial score (nSPS) is 10.3. The molecule has 0 saturated heterocycles. The van der Waals surface area contributed by atoms with E-state index in [-0.39, 0.29) is 0 Å². The summed E-state index contributed by atoms with van der Waals surface area (Å²) in [6.45, 7) is 9.19. The van der Waals surface area contributed by atoms with Crippen LogP contribution in [-0.4, -0.2) is 5.97 Å². The number of ether oxygens (including phenoxy) is 1. The van der Waals surface area contributed by atoms with Crippen LogP contribution in [0.3, 0.4) is 0 Å². The van der Waals surface area contributed by atoms with Gasteiger partial charge in [-0.1, -0.05) is 72.3 Å². The molecule has 0 atom stereocenters. The van der Waals surface area contributed by atoms with Gasteiger partial charge in [-0.15, -0.1) is 0 Å². The minimum Gasteiger partial charge on any atom is -0.438 e. The molecule has 0 radical (unpaired) electrons. The first-order valence-corrected chi connectivity index (χ1v) is 7.99. The predicted molar refractivity (Wildman–Crippen MR) is 97.8 cm³/mol. The highest BCUT2D eigenvalue weighted by molar-refractivity contribution is 5.85. The molecule has 0 unspecified atom stereocenters. The summed E-state index contributed by atoms with van der Waals surface area (Å²) in [6.07, 6.45) is 0. The van der Waals surface area contributed by atoms with E-state index in [4.69, 9.17) is 11.3 Å². The van der Waals surface area contributed by atoms with Gasteiger partial charge in [-0.2, -0.15) is 0 Å². The minimum atomic E-state index is -0.540. The second kappa shape index (κ2) is 7.46. The van der Waals surface area contributed by atoms with Gasteiger partial charge in [0.25, 0.3) is 0 Å². The zero-order valence-corrected chi connectivity index (χ0v) is 13.8. The van der Waals surface area contributed by atoms with E-state index in [0.29, 0.717) is 11.4 Å². The summed E-state index contributed by atoms with van der Waals surface area (Å²) in [5.74, 6) is -0.643. The molecule has 0 fully saturated rings. The summed E-state index contributed by atoms with van der Waals surface area (Å²) in [4.78, 5) is 16.4. The maximum atomic E-state index is 12.9. The molecule has 0 aromatic heterocycles. The van der Waals surface area contributed by atoms with Crippen LogP contribution in [0, 0.1) is 13.5 Å². The van der Waals surface area contributed by atoms with Gasteiger partial charge in [0.2, 0.25) is 5.69 Å². The number of aryl methyl sites for hydroxylation is 1. The molecule has 0 saturated carbocycles. The monoisotopic (exact) mass is 327 g/mol. The van der Waals surface area contributed by atoms with Crippen molar-refractivity contribution in [2.75, 3.05) is 0 Å². The van der Waals surface area contributed by atoms with Crippen molar-refractivity contribution in [3.8, 4) is 5.75 Å². The van der Waals surface area contributed by atoms with Crippen LogP contribution in [0.2, 0.25) is 0 Å². The Morgan fingerprint density at radius 3 is 2.00 bits per heavy atom. The second-order valence-electron chi connectivity index (χ2n) is 5.76. The van der Waals surface area contributed by atoms with Crippen molar-refractivity contribution in [1.82, 2.24) is 0 Å². The van der Waals surface area contributed by atoms with Crippen molar-refractivity contribution >= 4 is 11.7 Å². The molecule has 0 spiro atoms. The zero-order chi connectivity index (χ0) is 17.6. The highest BCUT2D eigenvalue weighted by atomic mass is 16.5. The van der Waals surface area contributed by atoms with Crippen LogP contribution in [0.15, 0.2) is 78.9 Å². The smallest absolute Gasteiger partial charge is 0.322 e. The van der Waals surface area contributed by atoms with Crippen LogP contribution in [0.5, 0.6) is 5.75 Å². The van der Waals surface area contributed by atoms with Crippen LogP contribution in [0.25, 0.3) is 4.85 Å². The molecule has 0 amide bonds. The van der Waals surface area contributed by atoms with E-state index in [1.807, 2.05) is 73.7 Å². The van der Waals surface area contributed by atoms with E-state index in [2.05, 4.69) is 4.85 Å². The maximum absolute atomic E-state index is 12.9. The molecule has 3 nitrogen and oxygen atoms in total. The van der Waals surface area contributed by atoms with E-state index in [1.165, 1.54) is 0 Å². The summed E-state index contributed by atoms with van der Waals surface area (Å²) in [5.41, 5.74) is 3.01. The zero-order valence-electron chi connectivity index (χ0n) is 13.8. The number of hydrogen-bond acceptors (Lipinski definition) is 2. The van der Waals surface area contributed by atoms with Gasteiger partial charge in [0.05, 0.1) is 6.57 Å². The molecule has 3 aromatic rings. The number of benzene rings is 3. The lowest BCUT2D eigenvalue weighted by Gasteiger charge is -2.17. The molecule has 0 aliphatic heterocycles. The van der Waals surface area contributed by atoms with Gasteiger partial charge in [-0.25, -0.2) is 4.85 Å². The fourth-order valence-electron chi connectivity index (χ4n) is 2.72. The van der Waals surface area contributed by atoms with Gasteiger partial charge in [-0.05, 0) is 30.2 Å². The molecule has 25 heavy (non-hydrogen) atoms. The summed E-state index contributed by atoms with van der Waals surface area (Å²) in [6, 6.07) is 24.3. The van der Waals surface area contributed by atoms with Crippen LogP contribution < -0.4 is 4.74 Å². The number of esters is 1. The summed E-state index contributed by atoms with van der Waals surface area (Å²) >= 11 is 0. The van der Waals surface area contributed by atoms with Crippen molar-refractivity contribution in [3.63, 3.8) is 0 Å². The summed E-state index contributed by atoms with van der Waals surface area (Å²) < 4.78 is 5.61. The molecule has 0 heterocycles. The Hall–Kier alpha value is -3.38. The molecule has 122 valence electrons. The topological polar surface area (TPSA) is 30.7 Å². The van der Waals surface area contributed by atoms with Gasteiger partial charge in [-0.3, -0.25) is 4.79 Å². The maximum Gasteiger partial charge on any atom is 0.322 e. The Balaban J connectivity index is 1.97. The summed E-state index contributed by atoms with van der Waals surface area (Å²) in [5, 5.41) is 0. The number of nitrogens with zero attached hydrogens (tertiary/aromatic N) is 1. The summed E-state index contributed by atoms with van der Waals surface area (Å²) in [7, 11) is 0. The van der Waals surface area contributed by atoms with E-state index >= 15 is 0 Å². The molecule has 0 aliphatic carbocycles. The number of hydrogen-bond donors (Lipinski definition) is 0. The van der Waals surface area contributed by atoms with E-state index in [9.17, 15) is 4.79 Å². The molecule has 0 aliphatic rings. The van der Waals surface area contributed by atoms with E-state index in [0.717, 1.165) is 16.7 Å². The van der Waals surface area contributed by atoms with E-state index in [1.54, 1.807) is 12.1 Å². The lowest BCUT2D eigenvalue weighted by Crippen LogP contribution is -2.20. The molecular weight excluding hydrogens is 310 g/mol. The SMILES string of the molecule is [C-]#[N+]c1cc(C)ccc1OC(=O)C(c1ccccc1)c1ccccc1. The Morgan fingerprint density at radius 1 is 0.920 bits per heavy atom. The number of carbonyl (C=O) groups is 1. The van der Waals surface area contributed by atoms with E-state index < -0.39 is 11.9 Å². The van der Waals surface area contributed by atoms with Gasteiger partial charge >= 0.3 is 5.97 Å². The molecule has 3 rings (SSSR count). The van der Waals surface area contributed by atoms with Crippen molar-refractivity contribution in [2.24, 2.45) is 0 Å². The van der Waals surface area contributed by atoms with Gasteiger partial charge in [0.1, 0.15) is 11.7 Å². The predicted octanol–water partition coefficient (Wildman–Crippen LogP) is 5.28. The number of rotatable bonds is 4. The Morgan fingerprint density at radius 2 is 1.48 bits per heavy atom. The van der Waals surface area contributed by atoms with Crippen LogP contribution in [-0.2, 0) is 4.79 Å². The highest BCUT2D eigenvalue weighted by Crippen LogP contribution is 2.32. The third-order valence-electron chi connectivity index (χ3n) is 3.95. The van der Waals surface area contributed by atoms with Gasteiger partial charge in [0, 0.05) is 0 Å². The fraction of sp³-hybridized carbons (Fsp3) is 0.0909. The lowest BCUT2D eigenvalue weighted by molar-refractivity contribution is -0.135. The average Bonchev–Trinajstić information content (AvgIpc) is 2.65. The first-order valence-electron chi connectivity index (χ1n) is 7.99. The first kappa shape index (κ1) is 16.5. The molecule has 3 aromatic carbocycles. The van der Waals surface area contributed by atoms with Gasteiger partial charge in [0.15, 0.2) is 0 Å². The van der Waals surface area contributed by atoms with Crippen LogP contribution in [0.4, 0.5) is 5.69 Å². The lowest BCUT2D eigenvalue weighted by atomic mass is 9.91. The first-order chi connectivity index (χ1) is 12.2. The number of carbonyl (C=O) groups excluding carboxylic acids is 1. The van der Waals surface area contributed by atoms with Crippen LogP contribution >= 0.6 is 0 Å². The van der Waals surface area contributed by atoms with Crippen LogP contribution in [0.1, 0.15) is 22.6 Å². The fourth-order valence-corrected chi connectivity index (χ4v) is 2.72. The molecule has 0 N–H and O–H groups in total.